The van der Waals surface area contributed by atoms with Gasteiger partial charge in [-0.05, 0) is 37.8 Å². The zero-order valence-electron chi connectivity index (χ0n) is 9.40. The van der Waals surface area contributed by atoms with Gasteiger partial charge >= 0.3 is 0 Å². The molecule has 1 aromatic heterocycles. The van der Waals surface area contributed by atoms with Crippen LogP contribution in [-0.2, 0) is 0 Å². The summed E-state index contributed by atoms with van der Waals surface area (Å²) in [6.07, 6.45) is 2.45. The van der Waals surface area contributed by atoms with Crippen LogP contribution < -0.4 is 11.1 Å². The fourth-order valence-corrected chi connectivity index (χ4v) is 1.80. The summed E-state index contributed by atoms with van der Waals surface area (Å²) in [7, 11) is 0. The van der Waals surface area contributed by atoms with Gasteiger partial charge in [0.2, 0.25) is 0 Å². The smallest absolute Gasteiger partial charge is 0.144 e. The number of pyridine rings is 1. The van der Waals surface area contributed by atoms with E-state index in [9.17, 15) is 0 Å². The average molecular weight is 216 g/mol. The second-order valence-electron chi connectivity index (χ2n) is 4.28. The number of aryl methyl sites for hydroxylation is 1. The van der Waals surface area contributed by atoms with E-state index < -0.39 is 0 Å². The number of rotatable bonds is 4. The van der Waals surface area contributed by atoms with Gasteiger partial charge in [0.15, 0.2) is 0 Å². The lowest BCUT2D eigenvalue weighted by molar-refractivity contribution is 0.642. The van der Waals surface area contributed by atoms with E-state index in [1.165, 1.54) is 12.8 Å². The van der Waals surface area contributed by atoms with Crippen molar-refractivity contribution in [2.24, 2.45) is 11.7 Å². The van der Waals surface area contributed by atoms with E-state index >= 15 is 0 Å². The van der Waals surface area contributed by atoms with Gasteiger partial charge < -0.3 is 11.1 Å². The predicted octanol–water partition coefficient (Wildman–Crippen LogP) is 1.41. The maximum absolute atomic E-state index is 8.99. The summed E-state index contributed by atoms with van der Waals surface area (Å²) in [6.45, 7) is 2.51. The standard InChI is InChI=1S/C12H16N4/c1-8-2-3-10(6-13)12(15-8)16-11(7-14)9-4-5-9/h2-3,9,11H,4-5,7,14H2,1H3,(H,15,16). The fraction of sp³-hybridized carbons (Fsp3) is 0.500. The van der Waals surface area contributed by atoms with E-state index in [0.717, 1.165) is 5.69 Å². The fourth-order valence-electron chi connectivity index (χ4n) is 1.80. The van der Waals surface area contributed by atoms with E-state index in [1.807, 2.05) is 13.0 Å². The van der Waals surface area contributed by atoms with Gasteiger partial charge in [-0.25, -0.2) is 4.98 Å². The van der Waals surface area contributed by atoms with Gasteiger partial charge in [-0.1, -0.05) is 0 Å². The van der Waals surface area contributed by atoms with Crippen LogP contribution in [0.15, 0.2) is 12.1 Å². The predicted molar refractivity (Wildman–Crippen MR) is 62.9 cm³/mol. The van der Waals surface area contributed by atoms with Crippen LogP contribution in [0.4, 0.5) is 5.82 Å². The van der Waals surface area contributed by atoms with Crippen molar-refractivity contribution in [2.45, 2.75) is 25.8 Å². The molecule has 16 heavy (non-hydrogen) atoms. The van der Waals surface area contributed by atoms with E-state index in [4.69, 9.17) is 11.0 Å². The quantitative estimate of drug-likeness (QED) is 0.798. The van der Waals surface area contributed by atoms with Crippen LogP contribution in [0.1, 0.15) is 24.1 Å². The van der Waals surface area contributed by atoms with Crippen molar-refractivity contribution in [3.05, 3.63) is 23.4 Å². The average Bonchev–Trinajstić information content (AvgIpc) is 3.10. The molecule has 2 rings (SSSR count). The minimum absolute atomic E-state index is 0.251. The SMILES string of the molecule is Cc1ccc(C#N)c(NC(CN)C2CC2)n1. The number of anilines is 1. The highest BCUT2D eigenvalue weighted by molar-refractivity contribution is 5.53. The minimum Gasteiger partial charge on any atom is -0.365 e. The van der Waals surface area contributed by atoms with E-state index in [0.29, 0.717) is 23.8 Å². The Morgan fingerprint density at radius 3 is 2.94 bits per heavy atom. The molecule has 1 unspecified atom stereocenters. The number of hydrogen-bond donors (Lipinski definition) is 2. The molecule has 1 saturated carbocycles. The first-order chi connectivity index (χ1) is 7.74. The lowest BCUT2D eigenvalue weighted by Crippen LogP contribution is -2.31. The third-order valence-electron chi connectivity index (χ3n) is 2.92. The van der Waals surface area contributed by atoms with Crippen molar-refractivity contribution in [3.8, 4) is 6.07 Å². The Bertz CT molecular complexity index is 418. The van der Waals surface area contributed by atoms with Crippen LogP contribution in [0.2, 0.25) is 0 Å². The number of nitrogens with two attached hydrogens (primary N) is 1. The number of aromatic nitrogens is 1. The monoisotopic (exact) mass is 216 g/mol. The summed E-state index contributed by atoms with van der Waals surface area (Å²) in [5.41, 5.74) is 7.22. The summed E-state index contributed by atoms with van der Waals surface area (Å²) in [6, 6.07) is 6.04. The molecule has 4 heteroatoms. The number of nitrogens with one attached hydrogen (secondary N) is 1. The van der Waals surface area contributed by atoms with Gasteiger partial charge in [-0.15, -0.1) is 0 Å². The molecular formula is C12H16N4. The van der Waals surface area contributed by atoms with Crippen LogP contribution in [0.25, 0.3) is 0 Å². The van der Waals surface area contributed by atoms with Crippen molar-refractivity contribution in [2.75, 3.05) is 11.9 Å². The zero-order chi connectivity index (χ0) is 11.5. The molecule has 4 nitrogen and oxygen atoms in total. The van der Waals surface area contributed by atoms with Gasteiger partial charge in [-0.2, -0.15) is 5.26 Å². The van der Waals surface area contributed by atoms with Gasteiger partial charge in [-0.3, -0.25) is 0 Å². The van der Waals surface area contributed by atoms with Crippen molar-refractivity contribution in [1.29, 1.82) is 5.26 Å². The minimum atomic E-state index is 0.251. The molecule has 0 aliphatic heterocycles. The Kier molecular flexibility index (Phi) is 3.07. The van der Waals surface area contributed by atoms with Crippen molar-refractivity contribution in [3.63, 3.8) is 0 Å². The summed E-state index contributed by atoms with van der Waals surface area (Å²) >= 11 is 0. The topological polar surface area (TPSA) is 74.7 Å². The molecule has 0 bridgehead atoms. The Balaban J connectivity index is 2.18. The van der Waals surface area contributed by atoms with Crippen LogP contribution in [0.5, 0.6) is 0 Å². The van der Waals surface area contributed by atoms with Crippen molar-refractivity contribution in [1.82, 2.24) is 4.98 Å². The Labute approximate surface area is 95.5 Å². The van der Waals surface area contributed by atoms with Crippen molar-refractivity contribution >= 4 is 5.82 Å². The highest BCUT2D eigenvalue weighted by Gasteiger charge is 2.30. The molecule has 1 atom stereocenters. The molecule has 1 aliphatic rings. The lowest BCUT2D eigenvalue weighted by Gasteiger charge is -2.17. The molecule has 0 radical (unpaired) electrons. The van der Waals surface area contributed by atoms with Gasteiger partial charge in [0.1, 0.15) is 11.9 Å². The Morgan fingerprint density at radius 1 is 1.62 bits per heavy atom. The number of hydrogen-bond acceptors (Lipinski definition) is 4. The molecule has 84 valence electrons. The number of nitrogens with zero attached hydrogens (tertiary/aromatic N) is 2. The molecule has 0 amide bonds. The van der Waals surface area contributed by atoms with E-state index in [-0.39, 0.29) is 6.04 Å². The molecule has 1 aromatic rings. The number of nitriles is 1. The highest BCUT2D eigenvalue weighted by Crippen LogP contribution is 2.33. The highest BCUT2D eigenvalue weighted by atomic mass is 15.0. The molecule has 1 aliphatic carbocycles. The first kappa shape index (κ1) is 10.9. The van der Waals surface area contributed by atoms with Crippen LogP contribution in [0.3, 0.4) is 0 Å². The maximum Gasteiger partial charge on any atom is 0.144 e. The van der Waals surface area contributed by atoms with Gasteiger partial charge in [0, 0.05) is 18.3 Å². The van der Waals surface area contributed by atoms with Gasteiger partial charge in [0.05, 0.1) is 5.56 Å². The normalized spacial score (nSPS) is 16.6. The van der Waals surface area contributed by atoms with Crippen LogP contribution >= 0.6 is 0 Å². The largest absolute Gasteiger partial charge is 0.365 e. The summed E-state index contributed by atoms with van der Waals surface area (Å²) in [5.74, 6) is 1.32. The maximum atomic E-state index is 8.99. The molecule has 1 fully saturated rings. The van der Waals surface area contributed by atoms with Crippen molar-refractivity contribution < 1.29 is 0 Å². The molecule has 0 spiro atoms. The molecule has 3 N–H and O–H groups in total. The Hall–Kier alpha value is -1.60. The van der Waals surface area contributed by atoms with Gasteiger partial charge in [0.25, 0.3) is 0 Å². The van der Waals surface area contributed by atoms with Crippen LogP contribution in [0, 0.1) is 24.2 Å². The Morgan fingerprint density at radius 2 is 2.38 bits per heavy atom. The summed E-state index contributed by atoms with van der Waals surface area (Å²) < 4.78 is 0. The summed E-state index contributed by atoms with van der Waals surface area (Å²) in [5, 5.41) is 12.3. The summed E-state index contributed by atoms with van der Waals surface area (Å²) in [4.78, 5) is 4.35. The second kappa shape index (κ2) is 4.50. The van der Waals surface area contributed by atoms with E-state index in [1.54, 1.807) is 6.07 Å². The lowest BCUT2D eigenvalue weighted by atomic mass is 10.1. The molecular weight excluding hydrogens is 200 g/mol. The second-order valence-corrected chi connectivity index (χ2v) is 4.28. The molecule has 0 aromatic carbocycles. The third kappa shape index (κ3) is 2.31. The molecule has 1 heterocycles. The third-order valence-corrected chi connectivity index (χ3v) is 2.92. The zero-order valence-corrected chi connectivity index (χ0v) is 9.40. The first-order valence-electron chi connectivity index (χ1n) is 5.59. The first-order valence-corrected chi connectivity index (χ1v) is 5.59. The van der Waals surface area contributed by atoms with Crippen LogP contribution in [-0.4, -0.2) is 17.6 Å². The van der Waals surface area contributed by atoms with E-state index in [2.05, 4.69) is 16.4 Å². The molecule has 0 saturated heterocycles.